The Labute approximate surface area is 73.5 Å². The molecule has 0 aliphatic heterocycles. The number of hydrogen-bond donors (Lipinski definition) is 0. The van der Waals surface area contributed by atoms with Crippen LogP contribution in [0.1, 0.15) is 18.1 Å². The average molecular weight is 159 g/mol. The SMILES string of the molecule is C=C(C)N=Cc1ccccc1C. The smallest absolute Gasteiger partial charge is 0.0345 e. The van der Waals surface area contributed by atoms with Crippen LogP contribution < -0.4 is 0 Å². The summed E-state index contributed by atoms with van der Waals surface area (Å²) in [7, 11) is 0. The lowest BCUT2D eigenvalue weighted by atomic mass is 10.1. The second kappa shape index (κ2) is 3.86. The van der Waals surface area contributed by atoms with Gasteiger partial charge in [-0.25, -0.2) is 0 Å². The fourth-order valence-corrected chi connectivity index (χ4v) is 0.911. The van der Waals surface area contributed by atoms with Crippen molar-refractivity contribution in [3.63, 3.8) is 0 Å². The Bertz CT molecular complexity index is 311. The topological polar surface area (TPSA) is 12.4 Å². The highest BCUT2D eigenvalue weighted by Gasteiger charge is 1.90. The number of aliphatic imine (C=N–C) groups is 1. The summed E-state index contributed by atoms with van der Waals surface area (Å²) in [6, 6.07) is 8.14. The Kier molecular flexibility index (Phi) is 2.81. The van der Waals surface area contributed by atoms with Crippen LogP contribution >= 0.6 is 0 Å². The minimum atomic E-state index is 0.832. The molecule has 0 aliphatic carbocycles. The van der Waals surface area contributed by atoms with E-state index >= 15 is 0 Å². The van der Waals surface area contributed by atoms with Gasteiger partial charge in [-0.1, -0.05) is 30.8 Å². The van der Waals surface area contributed by atoms with Crippen LogP contribution in [0.5, 0.6) is 0 Å². The van der Waals surface area contributed by atoms with Gasteiger partial charge >= 0.3 is 0 Å². The molecular formula is C11H13N. The lowest BCUT2D eigenvalue weighted by Crippen LogP contribution is -1.85. The molecule has 1 nitrogen and oxygen atoms in total. The lowest BCUT2D eigenvalue weighted by Gasteiger charge is -1.96. The van der Waals surface area contributed by atoms with E-state index in [9.17, 15) is 0 Å². The maximum absolute atomic E-state index is 4.14. The van der Waals surface area contributed by atoms with Crippen LogP contribution in [0.25, 0.3) is 0 Å². The molecule has 1 rings (SSSR count). The third-order valence-electron chi connectivity index (χ3n) is 1.61. The molecule has 12 heavy (non-hydrogen) atoms. The quantitative estimate of drug-likeness (QED) is 0.588. The largest absolute Gasteiger partial charge is 0.262 e. The van der Waals surface area contributed by atoms with Crippen LogP contribution in [0.15, 0.2) is 41.5 Å². The molecule has 1 heteroatoms. The van der Waals surface area contributed by atoms with Crippen molar-refractivity contribution in [2.24, 2.45) is 4.99 Å². The van der Waals surface area contributed by atoms with E-state index in [0.717, 1.165) is 11.3 Å². The molecule has 1 aromatic rings. The minimum absolute atomic E-state index is 0.832. The third kappa shape index (κ3) is 2.35. The van der Waals surface area contributed by atoms with Gasteiger partial charge in [-0.05, 0) is 25.0 Å². The first kappa shape index (κ1) is 8.72. The predicted octanol–water partition coefficient (Wildman–Crippen LogP) is 2.95. The second-order valence-electron chi connectivity index (χ2n) is 2.85. The predicted molar refractivity (Wildman–Crippen MR) is 53.6 cm³/mol. The van der Waals surface area contributed by atoms with Crippen molar-refractivity contribution < 1.29 is 0 Å². The van der Waals surface area contributed by atoms with Crippen LogP contribution in [0.2, 0.25) is 0 Å². The monoisotopic (exact) mass is 159 g/mol. The summed E-state index contributed by atoms with van der Waals surface area (Å²) < 4.78 is 0. The van der Waals surface area contributed by atoms with Gasteiger partial charge in [0, 0.05) is 11.9 Å². The summed E-state index contributed by atoms with van der Waals surface area (Å²) in [5.41, 5.74) is 3.22. The van der Waals surface area contributed by atoms with E-state index in [1.807, 2.05) is 31.3 Å². The highest BCUT2D eigenvalue weighted by molar-refractivity contribution is 5.82. The first-order valence-electron chi connectivity index (χ1n) is 3.95. The number of aryl methyl sites for hydroxylation is 1. The first-order chi connectivity index (χ1) is 5.70. The molecule has 1 aromatic carbocycles. The molecule has 0 bridgehead atoms. The number of hydrogen-bond acceptors (Lipinski definition) is 1. The molecule has 0 amide bonds. The maximum atomic E-state index is 4.14. The van der Waals surface area contributed by atoms with Gasteiger partial charge < -0.3 is 0 Å². The summed E-state index contributed by atoms with van der Waals surface area (Å²) in [6.45, 7) is 7.65. The fraction of sp³-hybridized carbons (Fsp3) is 0.182. The Morgan fingerprint density at radius 1 is 1.42 bits per heavy atom. The normalized spacial score (nSPS) is 10.5. The van der Waals surface area contributed by atoms with Crippen molar-refractivity contribution in [2.75, 3.05) is 0 Å². The van der Waals surface area contributed by atoms with Crippen molar-refractivity contribution in [1.82, 2.24) is 0 Å². The fourth-order valence-electron chi connectivity index (χ4n) is 0.911. The molecule has 0 aliphatic rings. The van der Waals surface area contributed by atoms with Gasteiger partial charge in [0.1, 0.15) is 0 Å². The van der Waals surface area contributed by atoms with Crippen molar-refractivity contribution >= 4 is 6.21 Å². The van der Waals surface area contributed by atoms with E-state index in [1.165, 1.54) is 5.56 Å². The number of rotatable bonds is 2. The van der Waals surface area contributed by atoms with Gasteiger partial charge in [0.05, 0.1) is 0 Å². The third-order valence-corrected chi connectivity index (χ3v) is 1.61. The van der Waals surface area contributed by atoms with Gasteiger partial charge in [0.15, 0.2) is 0 Å². The summed E-state index contributed by atoms with van der Waals surface area (Å²) in [4.78, 5) is 4.14. The molecule has 0 spiro atoms. The van der Waals surface area contributed by atoms with Crippen molar-refractivity contribution in [1.29, 1.82) is 0 Å². The molecule has 0 unspecified atom stereocenters. The highest BCUT2D eigenvalue weighted by Crippen LogP contribution is 2.04. The van der Waals surface area contributed by atoms with E-state index in [4.69, 9.17) is 0 Å². The summed E-state index contributed by atoms with van der Waals surface area (Å²) in [5, 5.41) is 0. The molecule has 0 saturated heterocycles. The summed E-state index contributed by atoms with van der Waals surface area (Å²) in [5.74, 6) is 0. The minimum Gasteiger partial charge on any atom is -0.262 e. The molecule has 0 fully saturated rings. The Morgan fingerprint density at radius 3 is 2.67 bits per heavy atom. The van der Waals surface area contributed by atoms with Gasteiger partial charge in [-0.15, -0.1) is 0 Å². The van der Waals surface area contributed by atoms with Gasteiger partial charge in [0.25, 0.3) is 0 Å². The first-order valence-corrected chi connectivity index (χ1v) is 3.95. The molecule has 0 N–H and O–H groups in total. The van der Waals surface area contributed by atoms with E-state index in [0.29, 0.717) is 0 Å². The van der Waals surface area contributed by atoms with E-state index < -0.39 is 0 Å². The van der Waals surface area contributed by atoms with Crippen LogP contribution in [-0.4, -0.2) is 6.21 Å². The number of nitrogens with zero attached hydrogens (tertiary/aromatic N) is 1. The average Bonchev–Trinajstić information content (AvgIpc) is 2.03. The molecule has 0 aromatic heterocycles. The maximum Gasteiger partial charge on any atom is 0.0345 e. The molecular weight excluding hydrogens is 146 g/mol. The van der Waals surface area contributed by atoms with Crippen molar-refractivity contribution in [3.8, 4) is 0 Å². The standard InChI is InChI=1S/C11H13N/c1-9(2)12-8-11-7-5-4-6-10(11)3/h4-8H,1H2,2-3H3. The summed E-state index contributed by atoms with van der Waals surface area (Å²) in [6.07, 6.45) is 1.84. The van der Waals surface area contributed by atoms with Crippen LogP contribution in [0.3, 0.4) is 0 Å². The van der Waals surface area contributed by atoms with Crippen LogP contribution in [-0.2, 0) is 0 Å². The van der Waals surface area contributed by atoms with Crippen LogP contribution in [0, 0.1) is 6.92 Å². The van der Waals surface area contributed by atoms with Crippen molar-refractivity contribution in [3.05, 3.63) is 47.7 Å². The lowest BCUT2D eigenvalue weighted by molar-refractivity contribution is 1.33. The summed E-state index contributed by atoms with van der Waals surface area (Å²) >= 11 is 0. The van der Waals surface area contributed by atoms with Gasteiger partial charge in [-0.2, -0.15) is 0 Å². The second-order valence-corrected chi connectivity index (χ2v) is 2.85. The van der Waals surface area contributed by atoms with E-state index in [2.05, 4.69) is 24.6 Å². The zero-order valence-electron chi connectivity index (χ0n) is 7.54. The van der Waals surface area contributed by atoms with Crippen molar-refractivity contribution in [2.45, 2.75) is 13.8 Å². The number of benzene rings is 1. The molecule has 0 heterocycles. The van der Waals surface area contributed by atoms with E-state index in [-0.39, 0.29) is 0 Å². The van der Waals surface area contributed by atoms with E-state index in [1.54, 1.807) is 0 Å². The van der Waals surface area contributed by atoms with Crippen LogP contribution in [0.4, 0.5) is 0 Å². The highest BCUT2D eigenvalue weighted by atomic mass is 14.7. The molecule has 0 radical (unpaired) electrons. The zero-order valence-corrected chi connectivity index (χ0v) is 7.54. The molecule has 0 saturated carbocycles. The Morgan fingerprint density at radius 2 is 2.08 bits per heavy atom. The Balaban J connectivity index is 2.89. The van der Waals surface area contributed by atoms with Gasteiger partial charge in [0.2, 0.25) is 0 Å². The zero-order chi connectivity index (χ0) is 8.97. The molecule has 62 valence electrons. The Hall–Kier alpha value is -1.37. The number of allylic oxidation sites excluding steroid dienone is 1. The molecule has 0 atom stereocenters. The van der Waals surface area contributed by atoms with Gasteiger partial charge in [-0.3, -0.25) is 4.99 Å².